The molecule has 0 aliphatic rings. The van der Waals surface area contributed by atoms with Crippen LogP contribution in [0.25, 0.3) is 0 Å². The SMILES string of the molecule is CNCC(O)C(c1ccccc1)n1cc(I)c(I)n1. The van der Waals surface area contributed by atoms with Crippen LogP contribution < -0.4 is 5.32 Å². The highest BCUT2D eigenvalue weighted by Crippen LogP contribution is 2.24. The Labute approximate surface area is 139 Å². The van der Waals surface area contributed by atoms with Crippen molar-refractivity contribution < 1.29 is 5.11 Å². The molecule has 2 unspecified atom stereocenters. The lowest BCUT2D eigenvalue weighted by Crippen LogP contribution is -2.34. The van der Waals surface area contributed by atoms with Gasteiger partial charge in [-0.2, -0.15) is 5.10 Å². The van der Waals surface area contributed by atoms with Crippen LogP contribution in [0.3, 0.4) is 0 Å². The van der Waals surface area contributed by atoms with Crippen LogP contribution in [0, 0.1) is 7.27 Å². The summed E-state index contributed by atoms with van der Waals surface area (Å²) >= 11 is 4.46. The zero-order valence-electron chi connectivity index (χ0n) is 10.4. The zero-order chi connectivity index (χ0) is 13.8. The predicted octanol–water partition coefficient (Wildman–Crippen LogP) is 2.26. The summed E-state index contributed by atoms with van der Waals surface area (Å²) in [5.41, 5.74) is 1.06. The fourth-order valence-corrected chi connectivity index (χ4v) is 2.79. The number of nitrogens with zero attached hydrogens (tertiary/aromatic N) is 2. The van der Waals surface area contributed by atoms with Crippen LogP contribution in [0.15, 0.2) is 36.5 Å². The average molecular weight is 483 g/mol. The van der Waals surface area contributed by atoms with Gasteiger partial charge in [-0.1, -0.05) is 30.3 Å². The van der Waals surface area contributed by atoms with Crippen molar-refractivity contribution in [1.29, 1.82) is 0 Å². The van der Waals surface area contributed by atoms with Crippen molar-refractivity contribution in [3.8, 4) is 0 Å². The standard InChI is InChI=1S/C13H15I2N3O/c1-16-7-11(19)12(9-5-3-2-4-6-9)18-8-10(14)13(15)17-18/h2-6,8,11-12,16,19H,7H2,1H3. The average Bonchev–Trinajstić information content (AvgIpc) is 2.71. The molecule has 1 aromatic carbocycles. The highest BCUT2D eigenvalue weighted by atomic mass is 127. The van der Waals surface area contributed by atoms with Gasteiger partial charge in [0.1, 0.15) is 9.74 Å². The fraction of sp³-hybridized carbons (Fsp3) is 0.308. The van der Waals surface area contributed by atoms with Gasteiger partial charge in [-0.3, -0.25) is 4.68 Å². The number of halogens is 2. The largest absolute Gasteiger partial charge is 0.389 e. The van der Waals surface area contributed by atoms with Crippen LogP contribution in [0.4, 0.5) is 0 Å². The van der Waals surface area contributed by atoms with E-state index < -0.39 is 6.10 Å². The van der Waals surface area contributed by atoms with E-state index >= 15 is 0 Å². The molecule has 2 N–H and O–H groups in total. The van der Waals surface area contributed by atoms with Gasteiger partial charge < -0.3 is 10.4 Å². The molecule has 19 heavy (non-hydrogen) atoms. The maximum absolute atomic E-state index is 10.4. The van der Waals surface area contributed by atoms with Gasteiger partial charge in [0.2, 0.25) is 0 Å². The molecule has 0 fully saturated rings. The lowest BCUT2D eigenvalue weighted by Gasteiger charge is -2.23. The Morgan fingerprint density at radius 1 is 1.32 bits per heavy atom. The zero-order valence-corrected chi connectivity index (χ0v) is 14.7. The lowest BCUT2D eigenvalue weighted by molar-refractivity contribution is 0.124. The van der Waals surface area contributed by atoms with E-state index in [4.69, 9.17) is 0 Å². The van der Waals surface area contributed by atoms with Gasteiger partial charge in [-0.25, -0.2) is 0 Å². The molecule has 0 radical (unpaired) electrons. The Balaban J connectivity index is 2.39. The van der Waals surface area contributed by atoms with Crippen LogP contribution in [0.5, 0.6) is 0 Å². The molecule has 6 heteroatoms. The van der Waals surface area contributed by atoms with Crippen LogP contribution in [-0.4, -0.2) is 34.6 Å². The lowest BCUT2D eigenvalue weighted by atomic mass is 10.0. The van der Waals surface area contributed by atoms with Crippen LogP contribution in [0.1, 0.15) is 11.6 Å². The Kier molecular flexibility index (Phi) is 5.60. The van der Waals surface area contributed by atoms with Crippen molar-refractivity contribution in [3.05, 3.63) is 49.4 Å². The van der Waals surface area contributed by atoms with Gasteiger partial charge in [0.15, 0.2) is 0 Å². The molecule has 2 aromatic rings. The molecule has 4 nitrogen and oxygen atoms in total. The first-order valence-electron chi connectivity index (χ1n) is 5.91. The third-order valence-electron chi connectivity index (χ3n) is 2.85. The van der Waals surface area contributed by atoms with Gasteiger partial charge in [0, 0.05) is 12.7 Å². The summed E-state index contributed by atoms with van der Waals surface area (Å²) in [6, 6.07) is 9.80. The van der Waals surface area contributed by atoms with Crippen LogP contribution >= 0.6 is 45.2 Å². The van der Waals surface area contributed by atoms with Gasteiger partial charge in [0.25, 0.3) is 0 Å². The topological polar surface area (TPSA) is 50.1 Å². The third-order valence-corrected chi connectivity index (χ3v) is 5.47. The number of aliphatic hydroxyl groups is 1. The Hall–Kier alpha value is -0.190. The fourth-order valence-electron chi connectivity index (χ4n) is 2.01. The number of hydrogen-bond acceptors (Lipinski definition) is 3. The molecule has 0 bridgehead atoms. The van der Waals surface area contributed by atoms with Crippen molar-refractivity contribution in [2.45, 2.75) is 12.1 Å². The number of rotatable bonds is 5. The molecule has 0 aliphatic heterocycles. The first kappa shape index (κ1) is 15.2. The summed E-state index contributed by atoms with van der Waals surface area (Å²) in [6.45, 7) is 0.520. The van der Waals surface area contributed by atoms with Crippen molar-refractivity contribution >= 4 is 45.2 Å². The van der Waals surface area contributed by atoms with Gasteiger partial charge in [-0.05, 0) is 57.8 Å². The van der Waals surface area contributed by atoms with E-state index in [1.54, 1.807) is 0 Å². The van der Waals surface area contributed by atoms with Gasteiger partial charge in [0.05, 0.1) is 9.67 Å². The number of benzene rings is 1. The van der Waals surface area contributed by atoms with Crippen molar-refractivity contribution in [3.63, 3.8) is 0 Å². The second-order valence-corrected chi connectivity index (χ2v) is 6.41. The van der Waals surface area contributed by atoms with Gasteiger partial charge >= 0.3 is 0 Å². The summed E-state index contributed by atoms with van der Waals surface area (Å²) in [7, 11) is 1.84. The Morgan fingerprint density at radius 3 is 2.53 bits per heavy atom. The minimum absolute atomic E-state index is 0.175. The summed E-state index contributed by atoms with van der Waals surface area (Å²) < 4.78 is 3.90. The predicted molar refractivity (Wildman–Crippen MR) is 92.2 cm³/mol. The summed E-state index contributed by atoms with van der Waals surface area (Å²) in [5.74, 6) is 0. The number of aromatic nitrogens is 2. The number of hydrogen-bond donors (Lipinski definition) is 2. The van der Waals surface area contributed by atoms with E-state index in [9.17, 15) is 5.11 Å². The quantitative estimate of drug-likeness (QED) is 0.643. The number of likely N-dealkylation sites (N-methyl/N-ethyl adjacent to an activating group) is 1. The molecule has 0 amide bonds. The van der Waals surface area contributed by atoms with Crippen LogP contribution in [0.2, 0.25) is 0 Å². The maximum atomic E-state index is 10.4. The molecule has 1 heterocycles. The minimum Gasteiger partial charge on any atom is -0.389 e. The van der Waals surface area contributed by atoms with Crippen molar-refractivity contribution in [2.75, 3.05) is 13.6 Å². The van der Waals surface area contributed by atoms with E-state index in [2.05, 4.69) is 55.6 Å². The van der Waals surface area contributed by atoms with E-state index in [1.807, 2.05) is 48.3 Å². The molecule has 0 saturated heterocycles. The van der Waals surface area contributed by atoms with Crippen molar-refractivity contribution in [1.82, 2.24) is 15.1 Å². The molecular weight excluding hydrogens is 468 g/mol. The molecule has 2 rings (SSSR count). The Bertz CT molecular complexity index is 510. The molecule has 0 saturated carbocycles. The summed E-state index contributed by atoms with van der Waals surface area (Å²) in [5, 5.41) is 17.9. The first-order chi connectivity index (χ1) is 9.13. The Morgan fingerprint density at radius 2 is 2.00 bits per heavy atom. The molecule has 0 aliphatic carbocycles. The summed E-state index contributed by atoms with van der Waals surface area (Å²) in [4.78, 5) is 0. The highest BCUT2D eigenvalue weighted by Gasteiger charge is 2.24. The second kappa shape index (κ2) is 7.00. The number of aliphatic hydroxyl groups excluding tert-OH is 1. The van der Waals surface area contributed by atoms with Gasteiger partial charge in [-0.15, -0.1) is 0 Å². The molecule has 102 valence electrons. The van der Waals surface area contributed by atoms with E-state index in [0.29, 0.717) is 6.54 Å². The number of nitrogens with one attached hydrogen (secondary N) is 1. The minimum atomic E-state index is -0.529. The smallest absolute Gasteiger partial charge is 0.136 e. The maximum Gasteiger partial charge on any atom is 0.136 e. The third kappa shape index (κ3) is 3.67. The summed E-state index contributed by atoms with van der Waals surface area (Å²) in [6.07, 6.45) is 1.44. The molecule has 1 aromatic heterocycles. The highest BCUT2D eigenvalue weighted by molar-refractivity contribution is 14.1. The first-order valence-corrected chi connectivity index (χ1v) is 8.07. The normalized spacial score (nSPS) is 14.3. The van der Waals surface area contributed by atoms with E-state index in [0.717, 1.165) is 12.8 Å². The molecule has 2 atom stereocenters. The van der Waals surface area contributed by atoms with Crippen molar-refractivity contribution in [2.24, 2.45) is 0 Å². The monoisotopic (exact) mass is 483 g/mol. The molecule has 0 spiro atoms. The van der Waals surface area contributed by atoms with E-state index in [-0.39, 0.29) is 6.04 Å². The van der Waals surface area contributed by atoms with Crippen LogP contribution in [-0.2, 0) is 0 Å². The second-order valence-electron chi connectivity index (χ2n) is 4.23. The van der Waals surface area contributed by atoms with E-state index in [1.165, 1.54) is 0 Å². The molecular formula is C13H15I2N3O.